The zero-order valence-corrected chi connectivity index (χ0v) is 18.4. The number of likely N-dealkylation sites (tertiary alicyclic amines) is 1. The Morgan fingerprint density at radius 1 is 1.03 bits per heavy atom. The second-order valence-electron chi connectivity index (χ2n) is 7.76. The van der Waals surface area contributed by atoms with E-state index in [4.69, 9.17) is 14.2 Å². The van der Waals surface area contributed by atoms with Crippen LogP contribution < -0.4 is 14.2 Å². The van der Waals surface area contributed by atoms with Gasteiger partial charge < -0.3 is 19.1 Å². The number of carbonyl (C=O) groups is 1. The molecule has 0 aromatic heterocycles. The van der Waals surface area contributed by atoms with Gasteiger partial charge in [0.05, 0.1) is 20.8 Å². The number of rotatable bonds is 8. The lowest BCUT2D eigenvalue weighted by Crippen LogP contribution is -2.44. The summed E-state index contributed by atoms with van der Waals surface area (Å²) in [6, 6.07) is 13.8. The molecule has 0 aliphatic carbocycles. The van der Waals surface area contributed by atoms with Gasteiger partial charge in [0.1, 0.15) is 6.10 Å². The first-order valence-corrected chi connectivity index (χ1v) is 10.4. The van der Waals surface area contributed by atoms with Gasteiger partial charge in [0, 0.05) is 26.7 Å². The van der Waals surface area contributed by atoms with E-state index in [1.54, 1.807) is 14.2 Å². The number of hydrogen-bond donors (Lipinski definition) is 0. The van der Waals surface area contributed by atoms with Gasteiger partial charge in [0.2, 0.25) is 11.7 Å². The van der Waals surface area contributed by atoms with Crippen molar-refractivity contribution in [3.05, 3.63) is 53.6 Å². The maximum absolute atomic E-state index is 12.7. The Hall–Kier alpha value is -2.73. The van der Waals surface area contributed by atoms with Crippen molar-refractivity contribution in [3.63, 3.8) is 0 Å². The summed E-state index contributed by atoms with van der Waals surface area (Å²) in [4.78, 5) is 16.7. The molecule has 1 aliphatic heterocycles. The molecule has 1 heterocycles. The average molecular weight is 413 g/mol. The van der Waals surface area contributed by atoms with Crippen molar-refractivity contribution in [3.8, 4) is 17.2 Å². The minimum absolute atomic E-state index is 0.0752. The van der Waals surface area contributed by atoms with Gasteiger partial charge in [0.25, 0.3) is 0 Å². The Morgan fingerprint density at radius 3 is 2.27 bits per heavy atom. The third kappa shape index (κ3) is 5.45. The normalized spacial score (nSPS) is 14.9. The van der Waals surface area contributed by atoms with Gasteiger partial charge in [-0.2, -0.15) is 0 Å². The number of benzene rings is 2. The smallest absolute Gasteiger partial charge is 0.236 e. The van der Waals surface area contributed by atoms with Crippen molar-refractivity contribution in [1.29, 1.82) is 0 Å². The molecular weight excluding hydrogens is 380 g/mol. The summed E-state index contributed by atoms with van der Waals surface area (Å²) in [5, 5.41) is 0. The summed E-state index contributed by atoms with van der Waals surface area (Å²) in [6.45, 7) is 4.80. The molecule has 30 heavy (non-hydrogen) atoms. The highest BCUT2D eigenvalue weighted by Crippen LogP contribution is 2.38. The van der Waals surface area contributed by atoms with Gasteiger partial charge in [-0.15, -0.1) is 0 Å². The summed E-state index contributed by atoms with van der Waals surface area (Å²) in [5.41, 5.74) is 2.40. The Labute approximate surface area is 179 Å². The van der Waals surface area contributed by atoms with E-state index in [9.17, 15) is 4.79 Å². The molecule has 0 saturated carbocycles. The van der Waals surface area contributed by atoms with Crippen LogP contribution in [0.2, 0.25) is 0 Å². The van der Waals surface area contributed by atoms with Gasteiger partial charge in [-0.05, 0) is 43.0 Å². The van der Waals surface area contributed by atoms with Crippen LogP contribution in [-0.4, -0.2) is 62.7 Å². The molecule has 1 amide bonds. The minimum Gasteiger partial charge on any atom is -0.493 e. The Bertz CT molecular complexity index is 825. The molecule has 6 heteroatoms. The molecule has 0 unspecified atom stereocenters. The number of methoxy groups -OCH3 is 2. The van der Waals surface area contributed by atoms with E-state index in [1.165, 1.54) is 11.1 Å². The molecule has 0 bridgehead atoms. The predicted molar refractivity (Wildman–Crippen MR) is 117 cm³/mol. The summed E-state index contributed by atoms with van der Waals surface area (Å²) in [5.74, 6) is 2.13. The van der Waals surface area contributed by atoms with Crippen LogP contribution in [0.15, 0.2) is 42.5 Å². The van der Waals surface area contributed by atoms with Crippen molar-refractivity contribution in [2.45, 2.75) is 32.4 Å². The molecule has 162 valence electrons. The van der Waals surface area contributed by atoms with E-state index < -0.39 is 0 Å². The molecule has 0 radical (unpaired) electrons. The van der Waals surface area contributed by atoms with Crippen LogP contribution in [-0.2, 0) is 11.3 Å². The van der Waals surface area contributed by atoms with E-state index in [0.29, 0.717) is 30.3 Å². The molecule has 1 aliphatic rings. The van der Waals surface area contributed by atoms with Crippen molar-refractivity contribution >= 4 is 5.91 Å². The standard InChI is InChI=1S/C24H32N2O4/c1-18-8-5-6-9-19(18)16-25(2)23(27)17-26-14-12-20(13-15-26)30-24-21(28-3)10-7-11-22(24)29-4/h5-11,20H,12-17H2,1-4H3. The second kappa shape index (κ2) is 10.3. The molecule has 0 N–H and O–H groups in total. The zero-order chi connectivity index (χ0) is 21.5. The third-order valence-electron chi connectivity index (χ3n) is 5.66. The van der Waals surface area contributed by atoms with Crippen LogP contribution in [0, 0.1) is 6.92 Å². The van der Waals surface area contributed by atoms with E-state index in [1.807, 2.05) is 42.3 Å². The van der Waals surface area contributed by atoms with E-state index in [2.05, 4.69) is 24.0 Å². The summed E-state index contributed by atoms with van der Waals surface area (Å²) in [7, 11) is 5.13. The molecule has 1 fully saturated rings. The van der Waals surface area contributed by atoms with Crippen molar-refractivity contribution in [1.82, 2.24) is 9.80 Å². The van der Waals surface area contributed by atoms with E-state index in [-0.39, 0.29) is 12.0 Å². The number of nitrogens with zero attached hydrogens (tertiary/aromatic N) is 2. The quantitative estimate of drug-likeness (QED) is 0.664. The number of likely N-dealkylation sites (N-methyl/N-ethyl adjacent to an activating group) is 1. The fourth-order valence-corrected chi connectivity index (χ4v) is 3.73. The molecule has 0 spiro atoms. The molecule has 6 nitrogen and oxygen atoms in total. The zero-order valence-electron chi connectivity index (χ0n) is 18.4. The van der Waals surface area contributed by atoms with Gasteiger partial charge in [-0.1, -0.05) is 30.3 Å². The average Bonchev–Trinajstić information content (AvgIpc) is 2.76. The van der Waals surface area contributed by atoms with Crippen LogP contribution in [0.5, 0.6) is 17.2 Å². The highest BCUT2D eigenvalue weighted by molar-refractivity contribution is 5.78. The number of amides is 1. The Balaban J connectivity index is 1.50. The lowest BCUT2D eigenvalue weighted by atomic mass is 10.1. The maximum atomic E-state index is 12.7. The largest absolute Gasteiger partial charge is 0.493 e. The third-order valence-corrected chi connectivity index (χ3v) is 5.66. The minimum atomic E-state index is 0.0752. The monoisotopic (exact) mass is 412 g/mol. The van der Waals surface area contributed by atoms with Crippen LogP contribution in [0.1, 0.15) is 24.0 Å². The molecule has 0 atom stereocenters. The number of para-hydroxylation sites is 1. The molecule has 1 saturated heterocycles. The first-order chi connectivity index (χ1) is 14.5. The van der Waals surface area contributed by atoms with Crippen molar-refractivity contribution < 1.29 is 19.0 Å². The summed E-state index contributed by atoms with van der Waals surface area (Å²) < 4.78 is 17.1. The number of hydrogen-bond acceptors (Lipinski definition) is 5. The van der Waals surface area contributed by atoms with Crippen molar-refractivity contribution in [2.75, 3.05) is 40.9 Å². The number of carbonyl (C=O) groups excluding carboxylic acids is 1. The molecule has 2 aromatic carbocycles. The maximum Gasteiger partial charge on any atom is 0.236 e. The van der Waals surface area contributed by atoms with Crippen LogP contribution in [0.3, 0.4) is 0 Å². The van der Waals surface area contributed by atoms with Gasteiger partial charge >= 0.3 is 0 Å². The molecule has 3 rings (SSSR count). The topological polar surface area (TPSA) is 51.2 Å². The number of ether oxygens (including phenoxy) is 3. The highest BCUT2D eigenvalue weighted by Gasteiger charge is 2.25. The SMILES string of the molecule is COc1cccc(OC)c1OC1CCN(CC(=O)N(C)Cc2ccccc2C)CC1. The molecule has 2 aromatic rings. The predicted octanol–water partition coefficient (Wildman–Crippen LogP) is 3.51. The highest BCUT2D eigenvalue weighted by atomic mass is 16.5. The fraction of sp³-hybridized carbons (Fsp3) is 0.458. The van der Waals surface area contributed by atoms with E-state index >= 15 is 0 Å². The van der Waals surface area contributed by atoms with Crippen LogP contribution in [0.25, 0.3) is 0 Å². The molecular formula is C24H32N2O4. The lowest BCUT2D eigenvalue weighted by molar-refractivity contribution is -0.132. The Kier molecular flexibility index (Phi) is 7.57. The van der Waals surface area contributed by atoms with Crippen LogP contribution in [0.4, 0.5) is 0 Å². The lowest BCUT2D eigenvalue weighted by Gasteiger charge is -2.33. The summed E-state index contributed by atoms with van der Waals surface area (Å²) in [6.07, 6.45) is 1.79. The summed E-state index contributed by atoms with van der Waals surface area (Å²) >= 11 is 0. The van der Waals surface area contributed by atoms with Gasteiger partial charge in [-0.3, -0.25) is 9.69 Å². The Morgan fingerprint density at radius 2 is 1.67 bits per heavy atom. The van der Waals surface area contributed by atoms with Gasteiger partial charge in [0.15, 0.2) is 11.5 Å². The number of piperidine rings is 1. The second-order valence-corrected chi connectivity index (χ2v) is 7.76. The van der Waals surface area contributed by atoms with Gasteiger partial charge in [-0.25, -0.2) is 0 Å². The van der Waals surface area contributed by atoms with Crippen molar-refractivity contribution in [2.24, 2.45) is 0 Å². The number of aryl methyl sites for hydroxylation is 1. The first-order valence-electron chi connectivity index (χ1n) is 10.4. The van der Waals surface area contributed by atoms with E-state index in [0.717, 1.165) is 25.9 Å². The van der Waals surface area contributed by atoms with Crippen LogP contribution >= 0.6 is 0 Å². The first kappa shape index (κ1) is 22.0. The fourth-order valence-electron chi connectivity index (χ4n) is 3.73.